The predicted octanol–water partition coefficient (Wildman–Crippen LogP) is 6.24. The van der Waals surface area contributed by atoms with Crippen molar-refractivity contribution in [1.29, 1.82) is 0 Å². The lowest BCUT2D eigenvalue weighted by molar-refractivity contribution is -0.137. The zero-order chi connectivity index (χ0) is 25.9. The van der Waals surface area contributed by atoms with Crippen LogP contribution in [-0.4, -0.2) is 43.3 Å². The Morgan fingerprint density at radius 1 is 1.17 bits per heavy atom. The molecule has 0 spiro atoms. The van der Waals surface area contributed by atoms with Gasteiger partial charge in [-0.1, -0.05) is 19.3 Å². The van der Waals surface area contributed by atoms with Gasteiger partial charge < -0.3 is 19.7 Å². The van der Waals surface area contributed by atoms with Gasteiger partial charge in [0.2, 0.25) is 5.91 Å². The van der Waals surface area contributed by atoms with Gasteiger partial charge >= 0.3 is 12.3 Å². The molecule has 5 rings (SSSR count). The number of halogens is 3. The van der Waals surface area contributed by atoms with Crippen molar-refractivity contribution in [2.45, 2.75) is 64.2 Å². The Morgan fingerprint density at radius 3 is 2.56 bits per heavy atom. The highest BCUT2D eigenvalue weighted by atomic mass is 32.1. The van der Waals surface area contributed by atoms with Crippen molar-refractivity contribution in [2.75, 3.05) is 6.54 Å². The summed E-state index contributed by atoms with van der Waals surface area (Å²) in [7, 11) is 0. The highest BCUT2D eigenvalue weighted by molar-refractivity contribution is 7.10. The number of rotatable bonds is 4. The molecule has 36 heavy (non-hydrogen) atoms. The fourth-order valence-corrected chi connectivity index (χ4v) is 6.06. The van der Waals surface area contributed by atoms with Gasteiger partial charge in [-0.2, -0.15) is 13.2 Å². The van der Waals surface area contributed by atoms with Gasteiger partial charge in [-0.25, -0.2) is 9.78 Å². The summed E-state index contributed by atoms with van der Waals surface area (Å²) in [6, 6.07) is 5.13. The van der Waals surface area contributed by atoms with Crippen molar-refractivity contribution < 1.29 is 33.0 Å². The second-order valence-corrected chi connectivity index (χ2v) is 10.2. The van der Waals surface area contributed by atoms with Crippen LogP contribution in [0.5, 0.6) is 0 Å². The Kier molecular flexibility index (Phi) is 7.87. The first-order chi connectivity index (χ1) is 17.1. The molecule has 11 heteroatoms. The van der Waals surface area contributed by atoms with Crippen LogP contribution < -0.4 is 0 Å². The lowest BCUT2D eigenvalue weighted by Gasteiger charge is -2.30. The lowest BCUT2D eigenvalue weighted by Crippen LogP contribution is -2.37. The smallest absolute Gasteiger partial charge is 0.450 e. The standard InChI is InChI=1S/C24H26F3N3OS.CH2O3/c25-24(26,27)17-12-18(32-15-17)13-30-21-14-29(22(31)11-16-5-2-1-3-6-16)10-8-19(21)20-7-4-9-28-23(20)30;2-1(3)4/h4,7,9,12,15-16H,1-3,5-6,8,10-11,13-14H2;(H2,2,3,4). The summed E-state index contributed by atoms with van der Waals surface area (Å²) in [6.07, 6.45) is 2.85. The number of alkyl halides is 3. The van der Waals surface area contributed by atoms with Gasteiger partial charge in [0, 0.05) is 40.5 Å². The molecule has 7 nitrogen and oxygen atoms in total. The topological polar surface area (TPSA) is 95.7 Å². The van der Waals surface area contributed by atoms with Gasteiger partial charge in [0.1, 0.15) is 5.65 Å². The van der Waals surface area contributed by atoms with Gasteiger partial charge in [-0.15, -0.1) is 11.3 Å². The molecule has 3 aromatic heterocycles. The van der Waals surface area contributed by atoms with Crippen molar-refractivity contribution in [2.24, 2.45) is 5.92 Å². The van der Waals surface area contributed by atoms with Crippen LogP contribution in [0.1, 0.15) is 60.2 Å². The minimum absolute atomic E-state index is 0.197. The van der Waals surface area contributed by atoms with E-state index in [4.69, 9.17) is 15.0 Å². The van der Waals surface area contributed by atoms with Crippen molar-refractivity contribution in [3.63, 3.8) is 0 Å². The molecule has 0 aromatic carbocycles. The van der Waals surface area contributed by atoms with Crippen molar-refractivity contribution in [1.82, 2.24) is 14.5 Å². The predicted molar refractivity (Wildman–Crippen MR) is 129 cm³/mol. The number of fused-ring (bicyclic) bond motifs is 3. The molecule has 194 valence electrons. The Labute approximate surface area is 210 Å². The fourth-order valence-electron chi connectivity index (χ4n) is 5.18. The quantitative estimate of drug-likeness (QED) is 0.422. The van der Waals surface area contributed by atoms with Crippen molar-refractivity contribution >= 4 is 34.4 Å². The maximum atomic E-state index is 13.1. The molecule has 4 heterocycles. The first-order valence-corrected chi connectivity index (χ1v) is 12.8. The number of hydrogen-bond donors (Lipinski definition) is 2. The minimum Gasteiger partial charge on any atom is -0.450 e. The Balaban J connectivity index is 0.000000709. The number of hydrogen-bond acceptors (Lipinski definition) is 4. The largest absolute Gasteiger partial charge is 0.503 e. The van der Waals surface area contributed by atoms with Crippen LogP contribution in [-0.2, 0) is 30.5 Å². The monoisotopic (exact) mass is 523 g/mol. The van der Waals surface area contributed by atoms with Gasteiger partial charge in [0.25, 0.3) is 0 Å². The van der Waals surface area contributed by atoms with Gasteiger partial charge in [0.05, 0.1) is 18.7 Å². The summed E-state index contributed by atoms with van der Waals surface area (Å²) < 4.78 is 41.3. The number of pyridine rings is 1. The summed E-state index contributed by atoms with van der Waals surface area (Å²) in [6.45, 7) is 1.51. The molecule has 0 unspecified atom stereocenters. The second kappa shape index (κ2) is 10.9. The fraction of sp³-hybridized carbons (Fsp3) is 0.480. The van der Waals surface area contributed by atoms with Crippen LogP contribution in [0, 0.1) is 5.92 Å². The summed E-state index contributed by atoms with van der Waals surface area (Å²) in [5, 5.41) is 16.1. The second-order valence-electron chi connectivity index (χ2n) is 9.24. The molecule has 0 saturated heterocycles. The van der Waals surface area contributed by atoms with Crippen LogP contribution >= 0.6 is 11.3 Å². The number of thiophene rings is 1. The third kappa shape index (κ3) is 6.00. The van der Waals surface area contributed by atoms with E-state index in [0.717, 1.165) is 47.3 Å². The number of amides is 1. The average molecular weight is 524 g/mol. The number of carbonyl (C=O) groups excluding carboxylic acids is 1. The Morgan fingerprint density at radius 2 is 1.89 bits per heavy atom. The average Bonchev–Trinajstić information content (AvgIpc) is 3.43. The third-order valence-electron chi connectivity index (χ3n) is 6.85. The normalized spacial score (nSPS) is 16.4. The van der Waals surface area contributed by atoms with E-state index in [0.29, 0.717) is 36.9 Å². The zero-order valence-corrected chi connectivity index (χ0v) is 20.4. The van der Waals surface area contributed by atoms with E-state index in [2.05, 4.69) is 4.98 Å². The van der Waals surface area contributed by atoms with Crippen molar-refractivity contribution in [3.05, 3.63) is 51.5 Å². The van der Waals surface area contributed by atoms with Crippen molar-refractivity contribution in [3.8, 4) is 0 Å². The number of carboxylic acid groups (broad SMARTS) is 2. The van der Waals surface area contributed by atoms with Crippen LogP contribution in [0.25, 0.3) is 11.0 Å². The van der Waals surface area contributed by atoms with Gasteiger partial charge in [-0.05, 0) is 48.9 Å². The Hall–Kier alpha value is -3.08. The molecular weight excluding hydrogens is 495 g/mol. The van der Waals surface area contributed by atoms with E-state index in [1.54, 1.807) is 6.20 Å². The van der Waals surface area contributed by atoms with E-state index in [1.165, 1.54) is 36.3 Å². The van der Waals surface area contributed by atoms with Crippen LogP contribution in [0.4, 0.5) is 18.0 Å². The number of aromatic nitrogens is 2. The first-order valence-electron chi connectivity index (χ1n) is 11.9. The van der Waals surface area contributed by atoms with Gasteiger partial charge in [-0.3, -0.25) is 4.79 Å². The molecule has 0 atom stereocenters. The Bertz CT molecular complexity index is 1230. The summed E-state index contributed by atoms with van der Waals surface area (Å²) in [4.78, 5) is 28.7. The molecular formula is C25H28F3N3O4S. The molecule has 1 amide bonds. The molecule has 1 aliphatic heterocycles. The van der Waals surface area contributed by atoms with Crippen LogP contribution in [0.3, 0.4) is 0 Å². The van der Waals surface area contributed by atoms with E-state index in [9.17, 15) is 18.0 Å². The molecule has 0 bridgehead atoms. The number of carbonyl (C=O) groups is 2. The van der Waals surface area contributed by atoms with E-state index >= 15 is 0 Å². The molecule has 1 aliphatic carbocycles. The SMILES string of the molecule is O=C(CC1CCCCC1)N1CCc2c(n(Cc3cc(C(F)(F)F)cs3)c3ncccc23)C1.O=C(O)O. The first kappa shape index (κ1) is 26.0. The van der Waals surface area contributed by atoms with E-state index < -0.39 is 17.9 Å². The molecule has 1 fully saturated rings. The minimum atomic E-state index is -4.34. The number of nitrogens with zero attached hydrogens (tertiary/aromatic N) is 3. The summed E-state index contributed by atoms with van der Waals surface area (Å²) in [5.41, 5.74) is 2.34. The zero-order valence-electron chi connectivity index (χ0n) is 19.6. The van der Waals surface area contributed by atoms with E-state index in [1.807, 2.05) is 21.6 Å². The van der Waals surface area contributed by atoms with E-state index in [-0.39, 0.29) is 5.91 Å². The molecule has 2 N–H and O–H groups in total. The molecule has 0 radical (unpaired) electrons. The summed E-state index contributed by atoms with van der Waals surface area (Å²) >= 11 is 1.12. The highest BCUT2D eigenvalue weighted by Crippen LogP contribution is 2.35. The molecule has 3 aromatic rings. The summed E-state index contributed by atoms with van der Waals surface area (Å²) in [5.74, 6) is 0.680. The maximum absolute atomic E-state index is 13.1. The molecule has 2 aliphatic rings. The maximum Gasteiger partial charge on any atom is 0.503 e. The third-order valence-corrected chi connectivity index (χ3v) is 7.77. The highest BCUT2D eigenvalue weighted by Gasteiger charge is 2.32. The lowest BCUT2D eigenvalue weighted by atomic mass is 9.86. The van der Waals surface area contributed by atoms with Crippen LogP contribution in [0.15, 0.2) is 29.8 Å². The molecule has 1 saturated carbocycles. The van der Waals surface area contributed by atoms with Crippen LogP contribution in [0.2, 0.25) is 0 Å². The van der Waals surface area contributed by atoms with Gasteiger partial charge in [0.15, 0.2) is 0 Å².